The number of pyridine rings is 1. The van der Waals surface area contributed by atoms with E-state index in [1.54, 1.807) is 7.11 Å². The topological polar surface area (TPSA) is 67.3 Å². The van der Waals surface area contributed by atoms with Gasteiger partial charge >= 0.3 is 6.01 Å². The molecular weight excluding hydrogens is 268 g/mol. The maximum Gasteiger partial charge on any atom is 0.321 e. The van der Waals surface area contributed by atoms with Crippen LogP contribution in [0.15, 0.2) is 24.4 Å². The molecule has 110 valence electrons. The normalized spacial score (nSPS) is 15.1. The van der Waals surface area contributed by atoms with Gasteiger partial charge in [0, 0.05) is 32.4 Å². The van der Waals surface area contributed by atoms with Crippen molar-refractivity contribution in [3.8, 4) is 6.01 Å². The maximum atomic E-state index is 5.11. The number of piperazine rings is 1. The number of aryl methyl sites for hydroxylation is 1. The van der Waals surface area contributed by atoms with E-state index in [4.69, 9.17) is 4.74 Å². The summed E-state index contributed by atoms with van der Waals surface area (Å²) in [6.45, 7) is 5.33. The molecule has 0 atom stereocenters. The molecular formula is C14H18N6O. The highest BCUT2D eigenvalue weighted by molar-refractivity contribution is 5.42. The highest BCUT2D eigenvalue weighted by Crippen LogP contribution is 2.17. The molecule has 0 aromatic carbocycles. The van der Waals surface area contributed by atoms with Gasteiger partial charge in [0.15, 0.2) is 0 Å². The minimum atomic E-state index is 0.365. The molecule has 7 nitrogen and oxygen atoms in total. The monoisotopic (exact) mass is 286 g/mol. The van der Waals surface area contributed by atoms with E-state index < -0.39 is 0 Å². The van der Waals surface area contributed by atoms with Gasteiger partial charge in [-0.25, -0.2) is 4.98 Å². The number of aromatic nitrogens is 4. The fourth-order valence-electron chi connectivity index (χ4n) is 2.35. The van der Waals surface area contributed by atoms with Crippen LogP contribution in [0.1, 0.15) is 5.82 Å². The van der Waals surface area contributed by atoms with Crippen molar-refractivity contribution in [1.82, 2.24) is 19.9 Å². The van der Waals surface area contributed by atoms with Crippen LogP contribution in [0, 0.1) is 6.92 Å². The number of methoxy groups -OCH3 is 1. The van der Waals surface area contributed by atoms with E-state index in [0.717, 1.165) is 32.0 Å². The first-order valence-corrected chi connectivity index (χ1v) is 6.94. The molecule has 21 heavy (non-hydrogen) atoms. The van der Waals surface area contributed by atoms with Crippen LogP contribution in [0.5, 0.6) is 6.01 Å². The van der Waals surface area contributed by atoms with E-state index in [9.17, 15) is 0 Å². The Labute approximate surface area is 123 Å². The summed E-state index contributed by atoms with van der Waals surface area (Å²) >= 11 is 0. The molecule has 7 heteroatoms. The second-order valence-electron chi connectivity index (χ2n) is 4.83. The Morgan fingerprint density at radius 1 is 1.00 bits per heavy atom. The van der Waals surface area contributed by atoms with Crippen LogP contribution in [0.2, 0.25) is 0 Å². The molecule has 0 spiro atoms. The summed E-state index contributed by atoms with van der Waals surface area (Å²) in [6.07, 6.45) is 1.82. The number of anilines is 2. The molecule has 3 rings (SSSR count). The van der Waals surface area contributed by atoms with Crippen LogP contribution in [0.4, 0.5) is 11.8 Å². The lowest BCUT2D eigenvalue weighted by atomic mass is 10.3. The zero-order valence-electron chi connectivity index (χ0n) is 12.2. The molecule has 1 saturated heterocycles. The largest absolute Gasteiger partial charge is 0.467 e. The summed E-state index contributed by atoms with van der Waals surface area (Å²) in [5.41, 5.74) is 0. The van der Waals surface area contributed by atoms with Gasteiger partial charge in [0.25, 0.3) is 0 Å². The van der Waals surface area contributed by atoms with E-state index >= 15 is 0 Å². The van der Waals surface area contributed by atoms with Gasteiger partial charge in [-0.15, -0.1) is 0 Å². The lowest BCUT2D eigenvalue weighted by Gasteiger charge is -2.35. The molecule has 0 saturated carbocycles. The molecule has 0 radical (unpaired) electrons. The Kier molecular flexibility index (Phi) is 3.81. The highest BCUT2D eigenvalue weighted by atomic mass is 16.5. The average molecular weight is 286 g/mol. The number of nitrogens with zero attached hydrogens (tertiary/aromatic N) is 6. The predicted octanol–water partition coefficient (Wildman–Crippen LogP) is 0.910. The summed E-state index contributed by atoms with van der Waals surface area (Å²) in [5.74, 6) is 2.37. The van der Waals surface area contributed by atoms with Crippen LogP contribution in [0.3, 0.4) is 0 Å². The Morgan fingerprint density at radius 2 is 1.76 bits per heavy atom. The number of ether oxygens (including phenoxy) is 1. The standard InChI is InChI=1S/C14H18N6O/c1-11-16-13(18-14(17-11)21-2)20-9-7-19(8-10-20)12-5-3-4-6-15-12/h3-6H,7-10H2,1-2H3. The van der Waals surface area contributed by atoms with Gasteiger partial charge in [-0.1, -0.05) is 6.07 Å². The van der Waals surface area contributed by atoms with E-state index in [-0.39, 0.29) is 0 Å². The molecule has 0 amide bonds. The van der Waals surface area contributed by atoms with Crippen molar-refractivity contribution < 1.29 is 4.74 Å². The molecule has 0 N–H and O–H groups in total. The first kappa shape index (κ1) is 13.5. The predicted molar refractivity (Wildman–Crippen MR) is 79.8 cm³/mol. The number of rotatable bonds is 3. The SMILES string of the molecule is COc1nc(C)nc(N2CCN(c3ccccn3)CC2)n1. The maximum absolute atomic E-state index is 5.11. The molecule has 0 unspecified atom stereocenters. The quantitative estimate of drug-likeness (QED) is 0.830. The van der Waals surface area contributed by atoms with Crippen LogP contribution in [-0.2, 0) is 0 Å². The second kappa shape index (κ2) is 5.90. The van der Waals surface area contributed by atoms with Crippen LogP contribution < -0.4 is 14.5 Å². The first-order valence-electron chi connectivity index (χ1n) is 6.94. The van der Waals surface area contributed by atoms with Crippen molar-refractivity contribution in [2.24, 2.45) is 0 Å². The lowest BCUT2D eigenvalue weighted by molar-refractivity contribution is 0.376. The van der Waals surface area contributed by atoms with Gasteiger partial charge in [0.1, 0.15) is 11.6 Å². The highest BCUT2D eigenvalue weighted by Gasteiger charge is 2.20. The van der Waals surface area contributed by atoms with Gasteiger partial charge in [0.05, 0.1) is 7.11 Å². The third-order valence-corrected chi connectivity index (χ3v) is 3.43. The van der Waals surface area contributed by atoms with Gasteiger partial charge < -0.3 is 14.5 Å². The van der Waals surface area contributed by atoms with Crippen molar-refractivity contribution in [1.29, 1.82) is 0 Å². The lowest BCUT2D eigenvalue weighted by Crippen LogP contribution is -2.47. The van der Waals surface area contributed by atoms with Gasteiger partial charge in [-0.3, -0.25) is 0 Å². The molecule has 0 aliphatic carbocycles. The van der Waals surface area contributed by atoms with Gasteiger partial charge in [-0.2, -0.15) is 15.0 Å². The van der Waals surface area contributed by atoms with Gasteiger partial charge in [0.2, 0.25) is 5.95 Å². The molecule has 1 aliphatic rings. The third kappa shape index (κ3) is 3.01. The van der Waals surface area contributed by atoms with E-state index in [1.807, 2.05) is 31.3 Å². The Bertz CT molecular complexity index is 598. The average Bonchev–Trinajstić information content (AvgIpc) is 2.55. The first-order chi connectivity index (χ1) is 10.3. The van der Waals surface area contributed by atoms with Crippen molar-refractivity contribution in [2.45, 2.75) is 6.92 Å². The number of hydrogen-bond donors (Lipinski definition) is 0. The molecule has 1 aliphatic heterocycles. The molecule has 0 bridgehead atoms. The fraction of sp³-hybridized carbons (Fsp3) is 0.429. The Balaban J connectivity index is 1.70. The van der Waals surface area contributed by atoms with Crippen LogP contribution in [0.25, 0.3) is 0 Å². The Hall–Kier alpha value is -2.44. The summed E-state index contributed by atoms with van der Waals surface area (Å²) in [4.78, 5) is 21.6. The number of hydrogen-bond acceptors (Lipinski definition) is 7. The van der Waals surface area contributed by atoms with Gasteiger partial charge in [-0.05, 0) is 19.1 Å². The summed E-state index contributed by atoms with van der Waals surface area (Å²) in [5, 5.41) is 0. The fourth-order valence-corrected chi connectivity index (χ4v) is 2.35. The summed E-state index contributed by atoms with van der Waals surface area (Å²) in [7, 11) is 1.57. The van der Waals surface area contributed by atoms with Crippen molar-refractivity contribution in [3.05, 3.63) is 30.2 Å². The van der Waals surface area contributed by atoms with Crippen molar-refractivity contribution in [2.75, 3.05) is 43.1 Å². The van der Waals surface area contributed by atoms with Crippen LogP contribution >= 0.6 is 0 Å². The second-order valence-corrected chi connectivity index (χ2v) is 4.83. The van der Waals surface area contributed by atoms with Crippen molar-refractivity contribution >= 4 is 11.8 Å². The minimum absolute atomic E-state index is 0.365. The molecule has 1 fully saturated rings. The van der Waals surface area contributed by atoms with E-state index in [0.29, 0.717) is 17.8 Å². The zero-order valence-corrected chi connectivity index (χ0v) is 12.2. The van der Waals surface area contributed by atoms with Crippen molar-refractivity contribution in [3.63, 3.8) is 0 Å². The molecule has 3 heterocycles. The zero-order chi connectivity index (χ0) is 14.7. The van der Waals surface area contributed by atoms with Crippen LogP contribution in [-0.4, -0.2) is 53.2 Å². The van der Waals surface area contributed by atoms with E-state index in [1.165, 1.54) is 0 Å². The minimum Gasteiger partial charge on any atom is -0.467 e. The molecule has 2 aromatic heterocycles. The third-order valence-electron chi connectivity index (χ3n) is 3.43. The molecule has 2 aromatic rings. The summed E-state index contributed by atoms with van der Waals surface area (Å²) in [6, 6.07) is 6.34. The Morgan fingerprint density at radius 3 is 2.43 bits per heavy atom. The van der Waals surface area contributed by atoms with E-state index in [2.05, 4.69) is 29.7 Å². The summed E-state index contributed by atoms with van der Waals surface area (Å²) < 4.78 is 5.11. The smallest absolute Gasteiger partial charge is 0.321 e.